The quantitative estimate of drug-likeness (QED) is 0.539. The van der Waals surface area contributed by atoms with Crippen molar-refractivity contribution in [3.63, 3.8) is 0 Å². The molecule has 6 rings (SSSR count). The number of nitrogens with zero attached hydrogens (tertiary/aromatic N) is 3. The molecular formula is C25H25ClFN5O3. The Kier molecular flexibility index (Phi) is 6.42. The number of rotatable bonds is 6. The van der Waals surface area contributed by atoms with E-state index in [4.69, 9.17) is 16.3 Å². The predicted octanol–water partition coefficient (Wildman–Crippen LogP) is 3.83. The van der Waals surface area contributed by atoms with E-state index in [1.54, 1.807) is 11.0 Å². The first-order valence-electron chi connectivity index (χ1n) is 11.5. The highest BCUT2D eigenvalue weighted by atomic mass is 35.5. The smallest absolute Gasteiger partial charge is 0.274 e. The SMILES string of the molecule is COc1cc(-c2cc(C(=O)N3C[C@H]4CC[C@@H]3C[C@H]4C(=O)NCc3cccc(Cl)c3)n[nH]2)c(F)cn1. The zero-order valence-electron chi connectivity index (χ0n) is 19.1. The van der Waals surface area contributed by atoms with Gasteiger partial charge in [0.05, 0.1) is 19.0 Å². The minimum Gasteiger partial charge on any atom is -0.481 e. The fourth-order valence-corrected chi connectivity index (χ4v) is 5.32. The zero-order valence-corrected chi connectivity index (χ0v) is 19.9. The van der Waals surface area contributed by atoms with E-state index in [-0.39, 0.29) is 46.8 Å². The number of benzene rings is 1. The molecule has 0 spiro atoms. The van der Waals surface area contributed by atoms with Gasteiger partial charge in [0.1, 0.15) is 0 Å². The molecule has 4 heterocycles. The molecule has 3 atom stereocenters. The van der Waals surface area contributed by atoms with Crippen molar-refractivity contribution < 1.29 is 18.7 Å². The van der Waals surface area contributed by atoms with Crippen LogP contribution in [0.5, 0.6) is 5.88 Å². The molecule has 2 amide bonds. The molecule has 2 N–H and O–H groups in total. The highest BCUT2D eigenvalue weighted by molar-refractivity contribution is 6.30. The van der Waals surface area contributed by atoms with E-state index < -0.39 is 5.82 Å². The van der Waals surface area contributed by atoms with Crippen molar-refractivity contribution in [1.29, 1.82) is 0 Å². The Bertz CT molecular complexity index is 1270. The largest absolute Gasteiger partial charge is 0.481 e. The Morgan fingerprint density at radius 1 is 1.29 bits per heavy atom. The molecule has 0 radical (unpaired) electrons. The molecule has 35 heavy (non-hydrogen) atoms. The van der Waals surface area contributed by atoms with Gasteiger partial charge in [-0.15, -0.1) is 0 Å². The number of hydrogen-bond donors (Lipinski definition) is 2. The maximum absolute atomic E-state index is 14.3. The van der Waals surface area contributed by atoms with Crippen LogP contribution in [0.2, 0.25) is 5.02 Å². The molecule has 1 aromatic carbocycles. The van der Waals surface area contributed by atoms with Crippen LogP contribution in [0.3, 0.4) is 0 Å². The summed E-state index contributed by atoms with van der Waals surface area (Å²) in [6.07, 6.45) is 3.43. The lowest BCUT2D eigenvalue weighted by Gasteiger charge is -2.48. The fraction of sp³-hybridized carbons (Fsp3) is 0.360. The molecule has 1 saturated carbocycles. The number of halogens is 2. The molecule has 2 aliphatic heterocycles. The van der Waals surface area contributed by atoms with Crippen LogP contribution in [0.15, 0.2) is 42.6 Å². The van der Waals surface area contributed by atoms with Crippen LogP contribution >= 0.6 is 11.6 Å². The van der Waals surface area contributed by atoms with E-state index in [1.807, 2.05) is 18.2 Å². The summed E-state index contributed by atoms with van der Waals surface area (Å²) in [6, 6.07) is 10.4. The average Bonchev–Trinajstić information content (AvgIpc) is 3.37. The molecular weight excluding hydrogens is 473 g/mol. The molecule has 2 aromatic heterocycles. The van der Waals surface area contributed by atoms with Crippen molar-refractivity contribution in [2.24, 2.45) is 11.8 Å². The summed E-state index contributed by atoms with van der Waals surface area (Å²) in [5.41, 5.74) is 1.75. The van der Waals surface area contributed by atoms with Crippen molar-refractivity contribution in [3.8, 4) is 17.1 Å². The number of fused-ring (bicyclic) bond motifs is 3. The van der Waals surface area contributed by atoms with Gasteiger partial charge < -0.3 is 15.0 Å². The van der Waals surface area contributed by atoms with Gasteiger partial charge in [0.25, 0.3) is 5.91 Å². The Labute approximate surface area is 206 Å². The lowest BCUT2D eigenvalue weighted by atomic mass is 9.71. The van der Waals surface area contributed by atoms with Crippen molar-refractivity contribution in [1.82, 2.24) is 25.4 Å². The number of hydrogen-bond acceptors (Lipinski definition) is 5. The number of carbonyl (C=O) groups excluding carboxylic acids is 2. The molecule has 8 nitrogen and oxygen atoms in total. The van der Waals surface area contributed by atoms with Crippen LogP contribution in [0.1, 0.15) is 35.3 Å². The minimum absolute atomic E-state index is 0.0101. The lowest BCUT2D eigenvalue weighted by molar-refractivity contribution is -0.131. The number of H-pyrrole nitrogens is 1. The molecule has 3 fully saturated rings. The number of ether oxygens (including phenoxy) is 1. The lowest BCUT2D eigenvalue weighted by Crippen LogP contribution is -2.57. The van der Waals surface area contributed by atoms with Gasteiger partial charge in [-0.1, -0.05) is 23.7 Å². The van der Waals surface area contributed by atoms with Crippen LogP contribution in [-0.2, 0) is 11.3 Å². The zero-order chi connectivity index (χ0) is 24.5. The highest BCUT2D eigenvalue weighted by Gasteiger charge is 2.45. The first kappa shape index (κ1) is 23.3. The first-order valence-corrected chi connectivity index (χ1v) is 11.9. The third-order valence-corrected chi connectivity index (χ3v) is 7.15. The van der Waals surface area contributed by atoms with Crippen LogP contribution in [0.4, 0.5) is 4.39 Å². The fourth-order valence-electron chi connectivity index (χ4n) is 5.11. The minimum atomic E-state index is -0.544. The van der Waals surface area contributed by atoms with Crippen molar-refractivity contribution in [2.75, 3.05) is 13.7 Å². The number of piperidine rings is 2. The first-order chi connectivity index (χ1) is 16.9. The number of amides is 2. The van der Waals surface area contributed by atoms with Gasteiger partial charge >= 0.3 is 0 Å². The topological polar surface area (TPSA) is 100 Å². The molecule has 2 bridgehead atoms. The summed E-state index contributed by atoms with van der Waals surface area (Å²) in [4.78, 5) is 31.8. The van der Waals surface area contributed by atoms with Gasteiger partial charge in [-0.2, -0.15) is 5.10 Å². The maximum atomic E-state index is 14.3. The van der Waals surface area contributed by atoms with Crippen LogP contribution in [0.25, 0.3) is 11.3 Å². The Morgan fingerprint density at radius 3 is 2.89 bits per heavy atom. The number of aromatic amines is 1. The summed E-state index contributed by atoms with van der Waals surface area (Å²) in [6.45, 7) is 0.917. The molecule has 10 heteroatoms. The van der Waals surface area contributed by atoms with E-state index in [0.29, 0.717) is 30.2 Å². The predicted molar refractivity (Wildman–Crippen MR) is 127 cm³/mol. The van der Waals surface area contributed by atoms with Crippen LogP contribution in [0, 0.1) is 17.7 Å². The summed E-state index contributed by atoms with van der Waals surface area (Å²) in [5, 5.41) is 10.5. The van der Waals surface area contributed by atoms with Crippen molar-refractivity contribution >= 4 is 23.4 Å². The number of aromatic nitrogens is 3. The Hall–Kier alpha value is -3.46. The summed E-state index contributed by atoms with van der Waals surface area (Å²) < 4.78 is 19.3. The monoisotopic (exact) mass is 497 g/mol. The molecule has 3 aliphatic rings. The van der Waals surface area contributed by atoms with Gasteiger partial charge in [-0.05, 0) is 48.9 Å². The van der Waals surface area contributed by atoms with Crippen LogP contribution < -0.4 is 10.1 Å². The highest BCUT2D eigenvalue weighted by Crippen LogP contribution is 2.40. The molecule has 0 unspecified atom stereocenters. The number of carbonyl (C=O) groups is 2. The second-order valence-electron chi connectivity index (χ2n) is 9.01. The second-order valence-corrected chi connectivity index (χ2v) is 9.45. The van der Waals surface area contributed by atoms with Gasteiger partial charge in [-0.25, -0.2) is 9.37 Å². The third-order valence-electron chi connectivity index (χ3n) is 6.92. The Balaban J connectivity index is 1.24. The van der Waals surface area contributed by atoms with E-state index in [0.717, 1.165) is 24.6 Å². The van der Waals surface area contributed by atoms with Crippen molar-refractivity contribution in [2.45, 2.75) is 31.8 Å². The maximum Gasteiger partial charge on any atom is 0.274 e. The molecule has 182 valence electrons. The van der Waals surface area contributed by atoms with Gasteiger partial charge in [-0.3, -0.25) is 14.7 Å². The van der Waals surface area contributed by atoms with Gasteiger partial charge in [0.2, 0.25) is 11.8 Å². The number of pyridine rings is 1. The van der Waals surface area contributed by atoms with Gasteiger partial charge in [0, 0.05) is 41.7 Å². The molecule has 1 aliphatic carbocycles. The van der Waals surface area contributed by atoms with E-state index in [9.17, 15) is 14.0 Å². The average molecular weight is 498 g/mol. The summed E-state index contributed by atoms with van der Waals surface area (Å²) >= 11 is 6.03. The van der Waals surface area contributed by atoms with E-state index in [2.05, 4.69) is 20.5 Å². The molecule has 3 aromatic rings. The standard InChI is InChI=1S/C25H25ClFN5O3/c1-35-23-9-19(20(27)12-28-23)21-10-22(31-30-21)25(34)32-13-15-5-6-17(32)8-18(15)24(33)29-11-14-3-2-4-16(26)7-14/h2-4,7,9-10,12,15,17-18H,5-6,8,11,13H2,1H3,(H,29,33)(H,30,31)/t15-,17-,18-/m1/s1. The normalized spacial score (nSPS) is 21.1. The second kappa shape index (κ2) is 9.65. The van der Waals surface area contributed by atoms with E-state index >= 15 is 0 Å². The summed E-state index contributed by atoms with van der Waals surface area (Å²) in [7, 11) is 1.45. The van der Waals surface area contributed by atoms with E-state index in [1.165, 1.54) is 19.2 Å². The van der Waals surface area contributed by atoms with Crippen molar-refractivity contribution in [3.05, 3.63) is 64.7 Å². The van der Waals surface area contributed by atoms with Crippen LogP contribution in [-0.4, -0.2) is 51.6 Å². The molecule has 2 saturated heterocycles. The summed E-state index contributed by atoms with van der Waals surface area (Å²) in [5.74, 6) is -0.542. The Morgan fingerprint density at radius 2 is 2.14 bits per heavy atom. The number of nitrogens with one attached hydrogen (secondary N) is 2. The third kappa shape index (κ3) is 4.73. The number of methoxy groups -OCH3 is 1. The van der Waals surface area contributed by atoms with Gasteiger partial charge in [0.15, 0.2) is 11.5 Å².